The second kappa shape index (κ2) is 20.9. The molecule has 1 aliphatic carbocycles. The Kier molecular flexibility index (Phi) is 16.0. The van der Waals surface area contributed by atoms with Gasteiger partial charge in [0.1, 0.15) is 17.1 Å². The van der Waals surface area contributed by atoms with E-state index >= 15 is 0 Å². The number of hydrogen-bond donors (Lipinski definition) is 8. The monoisotopic (exact) mass is 1010 g/mol. The van der Waals surface area contributed by atoms with Crippen LogP contribution in [-0.2, 0) is 20.8 Å². The Morgan fingerprint density at radius 3 is 1.88 bits per heavy atom. The number of aromatic hydroxyl groups is 2. The largest absolute Gasteiger partial charge is 0.493 e. The fraction of sp³-hybridized carbons (Fsp3) is 0.125. The minimum atomic E-state index is -0.594. The van der Waals surface area contributed by atoms with Gasteiger partial charge in [-0.3, -0.25) is 29.0 Å². The molecule has 0 aromatic carbocycles. The van der Waals surface area contributed by atoms with Crippen molar-refractivity contribution in [3.63, 3.8) is 0 Å². The van der Waals surface area contributed by atoms with E-state index in [0.717, 1.165) is 21.2 Å². The van der Waals surface area contributed by atoms with E-state index in [1.807, 2.05) is 32.9 Å². The first-order chi connectivity index (χ1) is 30.1. The number of aromatic amines is 2. The number of fused-ring (bicyclic) bond motifs is 5. The van der Waals surface area contributed by atoms with Crippen LogP contribution in [-0.4, -0.2) is 79.7 Å². The number of carbonyl (C=O) groups excluding carboxylic acids is 5. The van der Waals surface area contributed by atoms with E-state index in [0.29, 0.717) is 59.9 Å². The number of rotatable bonds is 3. The molecule has 0 saturated carbocycles. The molecule has 9 heterocycles. The number of aromatic nitrogens is 7. The van der Waals surface area contributed by atoms with E-state index in [4.69, 9.17) is 16.6 Å². The minimum Gasteiger partial charge on any atom is -0.493 e. The maximum absolute atomic E-state index is 12.0. The van der Waals surface area contributed by atoms with Crippen molar-refractivity contribution in [3.8, 4) is 11.8 Å². The Balaban J connectivity index is 0.000000239. The summed E-state index contributed by atoms with van der Waals surface area (Å²) in [5.41, 5.74) is 22.9. The maximum atomic E-state index is 12.0. The highest BCUT2D eigenvalue weighted by Gasteiger charge is 2.30. The van der Waals surface area contributed by atoms with Crippen molar-refractivity contribution in [2.24, 2.45) is 20.3 Å². The first-order valence-electron chi connectivity index (χ1n) is 17.8. The van der Waals surface area contributed by atoms with Gasteiger partial charge in [-0.2, -0.15) is 10.1 Å². The highest BCUT2D eigenvalue weighted by molar-refractivity contribution is 9.10. The number of aryl methyl sites for hydroxylation is 3. The van der Waals surface area contributed by atoms with Crippen molar-refractivity contribution in [1.29, 1.82) is 16.6 Å². The Bertz CT molecular complexity index is 3170. The zero-order chi connectivity index (χ0) is 45.7. The van der Waals surface area contributed by atoms with Gasteiger partial charge in [-0.05, 0) is 99.7 Å². The van der Waals surface area contributed by atoms with Crippen LogP contribution in [0.15, 0.2) is 90.6 Å². The molecule has 0 radical (unpaired) electrons. The Morgan fingerprint density at radius 1 is 0.692 bits per heavy atom. The summed E-state index contributed by atoms with van der Waals surface area (Å²) in [6, 6.07) is 8.64. The molecule has 7 aromatic rings. The normalized spacial score (nSPS) is 12.7. The van der Waals surface area contributed by atoms with Crippen molar-refractivity contribution >= 4 is 106 Å². The van der Waals surface area contributed by atoms with Crippen molar-refractivity contribution in [2.75, 3.05) is 5.32 Å². The molecule has 0 atom stereocenters. The number of nitrogens with one attached hydrogen (secondary N) is 6. The zero-order valence-electron chi connectivity index (χ0n) is 33.2. The topological polar surface area (TPSA) is 386 Å². The summed E-state index contributed by atoms with van der Waals surface area (Å²) >= 11 is 6.49. The number of carbonyl (C=O) groups is 5. The predicted octanol–water partition coefficient (Wildman–Crippen LogP) is 6.36. The lowest BCUT2D eigenvalue weighted by molar-refractivity contribution is -0.114. The number of nitrogens with zero attached hydrogens (tertiary/aromatic N) is 9. The SMILES string of the molecule is C.Cc1cnc2[nH]c(O)c(N=N)c2c1.Cc1cnc2[nH]c(O)c(N=NC3=c4cc(Br)cnc4=NC3=O)c2c1.Cc1cnc2c(c1)C(=O)C(=O)N2.N=N.O.O=C1Cc2ncc(Br)cc2C1=O.[HH]. The molecule has 0 unspecified atom stereocenters. The van der Waals surface area contributed by atoms with E-state index in [-0.39, 0.29) is 55.4 Å². The van der Waals surface area contributed by atoms with Gasteiger partial charge in [0.25, 0.3) is 17.6 Å². The van der Waals surface area contributed by atoms with Crippen molar-refractivity contribution in [3.05, 3.63) is 114 Å². The van der Waals surface area contributed by atoms with Crippen LogP contribution in [0.2, 0.25) is 0 Å². The van der Waals surface area contributed by atoms with E-state index in [2.05, 4.69) is 92.4 Å². The molecule has 0 fully saturated rings. The summed E-state index contributed by atoms with van der Waals surface area (Å²) in [4.78, 5) is 85.4. The van der Waals surface area contributed by atoms with Crippen LogP contribution in [0.3, 0.4) is 0 Å². The molecular formula is C40H37Br2N15O8. The van der Waals surface area contributed by atoms with E-state index < -0.39 is 23.4 Å². The van der Waals surface area contributed by atoms with Crippen LogP contribution < -0.4 is 16.0 Å². The van der Waals surface area contributed by atoms with Crippen molar-refractivity contribution < 1.29 is 41.1 Å². The number of amides is 2. The fourth-order valence-electron chi connectivity index (χ4n) is 5.98. The number of ketones is 3. The fourth-order valence-corrected chi connectivity index (χ4v) is 6.65. The number of halogens is 2. The van der Waals surface area contributed by atoms with Gasteiger partial charge in [-0.25, -0.2) is 36.5 Å². The van der Waals surface area contributed by atoms with Gasteiger partial charge in [0.15, 0.2) is 22.6 Å². The number of H-pyrrole nitrogens is 2. The summed E-state index contributed by atoms with van der Waals surface area (Å²) in [7, 11) is 0. The Morgan fingerprint density at radius 2 is 1.25 bits per heavy atom. The molecule has 10 rings (SSSR count). The van der Waals surface area contributed by atoms with Crippen molar-refractivity contribution in [1.82, 2.24) is 34.9 Å². The van der Waals surface area contributed by atoms with Crippen LogP contribution in [0, 0.1) is 37.4 Å². The van der Waals surface area contributed by atoms with Gasteiger partial charge in [0, 0.05) is 46.9 Å². The van der Waals surface area contributed by atoms with E-state index in [9.17, 15) is 34.2 Å². The lowest BCUT2D eigenvalue weighted by Gasteiger charge is -1.95. The standard InChI is InChI=1S/C15H9BrN6O2.C8H4BrNO2.C8H8N4O.C8H6N2O2.CH4.H2N2.H2O.H2/c1-6-2-8-10(14(23)19-12(8)17-4-6)21-22-11-9-3-7(16)5-18-13(9)20-15(11)24;9-4-1-5-6(10-3-4)2-7(11)8(5)12;1-4-2-5-6(12-9)8(13)11-7(5)10-3-4;1-4-2-5-6(11)8(12)10-7(5)9-3-4;;1-2;;/h2-5,23H,1H3,(H,17,19);1,3H,2H2;2-3,9,13H,1H3,(H,10,11);2-3H,1H3,(H,9,10,11,12);1H4;1-2H;1H2;1H. The molecule has 334 valence electrons. The molecule has 25 heteroatoms. The summed E-state index contributed by atoms with van der Waals surface area (Å²) in [6.07, 6.45) is 8.26. The first kappa shape index (κ1) is 49.6. The lowest BCUT2D eigenvalue weighted by atomic mass is 10.2. The van der Waals surface area contributed by atoms with Crippen molar-refractivity contribution in [2.45, 2.75) is 34.6 Å². The lowest BCUT2D eigenvalue weighted by Crippen LogP contribution is -2.25. The molecule has 3 aliphatic rings. The van der Waals surface area contributed by atoms with Crippen LogP contribution in [0.1, 0.15) is 52.0 Å². The van der Waals surface area contributed by atoms with Crippen LogP contribution in [0.5, 0.6) is 11.8 Å². The van der Waals surface area contributed by atoms with Gasteiger partial charge < -0.3 is 31.0 Å². The summed E-state index contributed by atoms with van der Waals surface area (Å²) < 4.78 is 1.43. The number of hydrogen-bond acceptors (Lipinski definition) is 18. The zero-order valence-corrected chi connectivity index (χ0v) is 36.4. The highest BCUT2D eigenvalue weighted by atomic mass is 79.9. The predicted molar refractivity (Wildman–Crippen MR) is 240 cm³/mol. The van der Waals surface area contributed by atoms with Gasteiger partial charge in [-0.15, -0.1) is 10.2 Å². The van der Waals surface area contributed by atoms with E-state index in [1.54, 1.807) is 49.2 Å². The van der Waals surface area contributed by atoms with Gasteiger partial charge >= 0.3 is 0 Å². The molecule has 7 aromatic heterocycles. The third kappa shape index (κ3) is 10.6. The van der Waals surface area contributed by atoms with E-state index in [1.165, 1.54) is 0 Å². The molecule has 10 N–H and O–H groups in total. The van der Waals surface area contributed by atoms with Gasteiger partial charge in [0.2, 0.25) is 23.3 Å². The van der Waals surface area contributed by atoms with Crippen LogP contribution in [0.4, 0.5) is 17.2 Å². The molecule has 0 spiro atoms. The first-order valence-corrected chi connectivity index (χ1v) is 19.4. The van der Waals surface area contributed by atoms with Gasteiger partial charge in [0.05, 0.1) is 33.7 Å². The quantitative estimate of drug-likeness (QED) is 0.0708. The Labute approximate surface area is 383 Å². The average molecular weight is 1020 g/mol. The molecule has 65 heavy (non-hydrogen) atoms. The van der Waals surface area contributed by atoms with Crippen LogP contribution >= 0.6 is 31.9 Å². The molecule has 0 saturated heterocycles. The number of azo groups is 1. The summed E-state index contributed by atoms with van der Waals surface area (Å²) in [5, 5.41) is 34.8. The molecule has 0 bridgehead atoms. The second-order valence-corrected chi connectivity index (χ2v) is 15.2. The Hall–Kier alpha value is -8.03. The third-order valence-corrected chi connectivity index (χ3v) is 9.68. The molecule has 2 aliphatic heterocycles. The number of pyridine rings is 5. The third-order valence-electron chi connectivity index (χ3n) is 8.81. The highest BCUT2D eigenvalue weighted by Crippen LogP contribution is 2.36. The second-order valence-electron chi connectivity index (χ2n) is 13.3. The summed E-state index contributed by atoms with van der Waals surface area (Å²) in [6.45, 7) is 5.60. The smallest absolute Gasteiger partial charge is 0.300 e. The van der Waals surface area contributed by atoms with Gasteiger partial charge in [-0.1, -0.05) is 7.43 Å². The van der Waals surface area contributed by atoms with Crippen LogP contribution in [0.25, 0.3) is 27.8 Å². The molecule has 23 nitrogen and oxygen atoms in total. The molecule has 2 amide bonds. The maximum Gasteiger partial charge on any atom is 0.300 e. The average Bonchev–Trinajstić information content (AvgIpc) is 4.01. The number of Topliss-reactive ketones (excluding diaryl/α,β-unsaturated/α-hetero) is 3. The number of anilines is 1. The minimum absolute atomic E-state index is 0. The molecular weight excluding hydrogens is 978 g/mol. The summed E-state index contributed by atoms with van der Waals surface area (Å²) in [5.74, 6) is -2.30.